The minimum Gasteiger partial charge on any atom is -0.491 e. The molecule has 0 aliphatic carbocycles. The van der Waals surface area contributed by atoms with Crippen molar-refractivity contribution in [3.63, 3.8) is 0 Å². The van der Waals surface area contributed by atoms with E-state index in [-0.39, 0.29) is 6.10 Å². The summed E-state index contributed by atoms with van der Waals surface area (Å²) in [5.41, 5.74) is 0.636. The third-order valence-corrected chi connectivity index (χ3v) is 2.81. The van der Waals surface area contributed by atoms with E-state index in [4.69, 9.17) is 19.5 Å². The Bertz CT molecular complexity index is 390. The van der Waals surface area contributed by atoms with Gasteiger partial charge in [0.15, 0.2) is 0 Å². The predicted octanol–water partition coefficient (Wildman–Crippen LogP) is 2.13. The van der Waals surface area contributed by atoms with Gasteiger partial charge in [-0.1, -0.05) is 0 Å². The van der Waals surface area contributed by atoms with Crippen LogP contribution in [0.3, 0.4) is 0 Å². The van der Waals surface area contributed by atoms with Gasteiger partial charge < -0.3 is 14.2 Å². The summed E-state index contributed by atoms with van der Waals surface area (Å²) in [6, 6.07) is 9.13. The third kappa shape index (κ3) is 4.02. The van der Waals surface area contributed by atoms with Gasteiger partial charge in [0.1, 0.15) is 12.4 Å². The molecular weight excluding hydrogens is 230 g/mol. The van der Waals surface area contributed by atoms with Crippen molar-refractivity contribution < 1.29 is 14.2 Å². The van der Waals surface area contributed by atoms with Crippen molar-refractivity contribution in [2.45, 2.75) is 18.9 Å². The summed E-state index contributed by atoms with van der Waals surface area (Å²) in [6.07, 6.45) is 2.49. The van der Waals surface area contributed by atoms with Gasteiger partial charge in [-0.15, -0.1) is 0 Å². The van der Waals surface area contributed by atoms with Crippen LogP contribution in [0.25, 0.3) is 0 Å². The molecule has 4 nitrogen and oxygen atoms in total. The summed E-state index contributed by atoms with van der Waals surface area (Å²) >= 11 is 0. The second kappa shape index (κ2) is 7.00. The number of ether oxygens (including phenoxy) is 3. The Morgan fingerprint density at radius 2 is 2.11 bits per heavy atom. The highest BCUT2D eigenvalue weighted by Crippen LogP contribution is 2.13. The van der Waals surface area contributed by atoms with E-state index in [9.17, 15) is 0 Å². The Kier molecular flexibility index (Phi) is 5.00. The van der Waals surface area contributed by atoms with Gasteiger partial charge in [0.2, 0.25) is 0 Å². The molecular formula is C14H17NO3. The summed E-state index contributed by atoms with van der Waals surface area (Å²) in [7, 11) is 0. The standard InChI is InChI=1S/C14H17NO3/c15-10-12-3-5-13(6-4-12)18-9-8-16-11-14-2-1-7-17-14/h3-6,14H,1-2,7-9,11H2. The lowest BCUT2D eigenvalue weighted by molar-refractivity contribution is 0.00853. The van der Waals surface area contributed by atoms with Gasteiger partial charge >= 0.3 is 0 Å². The van der Waals surface area contributed by atoms with Crippen LogP contribution in [0.4, 0.5) is 0 Å². The van der Waals surface area contributed by atoms with Crippen LogP contribution in [0.15, 0.2) is 24.3 Å². The average Bonchev–Trinajstić information content (AvgIpc) is 2.92. The molecule has 0 N–H and O–H groups in total. The Morgan fingerprint density at radius 3 is 2.78 bits per heavy atom. The van der Waals surface area contributed by atoms with Crippen molar-refractivity contribution in [3.05, 3.63) is 29.8 Å². The van der Waals surface area contributed by atoms with E-state index in [0.29, 0.717) is 25.4 Å². The number of nitrogens with zero attached hydrogens (tertiary/aromatic N) is 1. The molecule has 18 heavy (non-hydrogen) atoms. The van der Waals surface area contributed by atoms with E-state index in [1.165, 1.54) is 0 Å². The number of rotatable bonds is 6. The predicted molar refractivity (Wildman–Crippen MR) is 66.4 cm³/mol. The Balaban J connectivity index is 1.58. The molecule has 1 aliphatic rings. The van der Waals surface area contributed by atoms with E-state index in [1.54, 1.807) is 24.3 Å². The maximum absolute atomic E-state index is 8.66. The molecule has 0 spiro atoms. The number of benzene rings is 1. The molecule has 0 radical (unpaired) electrons. The highest BCUT2D eigenvalue weighted by molar-refractivity contribution is 5.34. The van der Waals surface area contributed by atoms with E-state index in [1.807, 2.05) is 0 Å². The Hall–Kier alpha value is -1.57. The zero-order valence-electron chi connectivity index (χ0n) is 10.3. The first-order valence-corrected chi connectivity index (χ1v) is 6.21. The molecule has 1 unspecified atom stereocenters. The van der Waals surface area contributed by atoms with Crippen LogP contribution in [0, 0.1) is 11.3 Å². The summed E-state index contributed by atoms with van der Waals surface area (Å²) in [5, 5.41) is 8.66. The maximum Gasteiger partial charge on any atom is 0.119 e. The van der Waals surface area contributed by atoms with Gasteiger partial charge in [-0.2, -0.15) is 5.26 Å². The van der Waals surface area contributed by atoms with Gasteiger partial charge in [-0.05, 0) is 37.1 Å². The zero-order valence-corrected chi connectivity index (χ0v) is 10.3. The number of hydrogen-bond donors (Lipinski definition) is 0. The highest BCUT2D eigenvalue weighted by Gasteiger charge is 2.14. The van der Waals surface area contributed by atoms with E-state index in [2.05, 4.69) is 6.07 Å². The SMILES string of the molecule is N#Cc1ccc(OCCOCC2CCCO2)cc1. The Labute approximate surface area is 107 Å². The van der Waals surface area contributed by atoms with Crippen molar-refractivity contribution >= 4 is 0 Å². The highest BCUT2D eigenvalue weighted by atomic mass is 16.5. The van der Waals surface area contributed by atoms with Crippen molar-refractivity contribution in [3.8, 4) is 11.8 Å². The molecule has 96 valence electrons. The molecule has 1 fully saturated rings. The normalized spacial score (nSPS) is 18.5. The largest absolute Gasteiger partial charge is 0.491 e. The lowest BCUT2D eigenvalue weighted by Gasteiger charge is -2.10. The van der Waals surface area contributed by atoms with Gasteiger partial charge in [-0.25, -0.2) is 0 Å². The van der Waals surface area contributed by atoms with E-state index < -0.39 is 0 Å². The van der Waals surface area contributed by atoms with Gasteiger partial charge in [0.25, 0.3) is 0 Å². The van der Waals surface area contributed by atoms with Crippen molar-refractivity contribution in [1.82, 2.24) is 0 Å². The fraction of sp³-hybridized carbons (Fsp3) is 0.500. The summed E-state index contributed by atoms with van der Waals surface area (Å²) in [6.45, 7) is 2.57. The van der Waals surface area contributed by atoms with Crippen LogP contribution in [-0.2, 0) is 9.47 Å². The fourth-order valence-electron chi connectivity index (χ4n) is 1.83. The monoisotopic (exact) mass is 247 g/mol. The first-order chi connectivity index (χ1) is 8.88. The second-order valence-electron chi connectivity index (χ2n) is 4.19. The number of hydrogen-bond acceptors (Lipinski definition) is 4. The first-order valence-electron chi connectivity index (χ1n) is 6.21. The minimum absolute atomic E-state index is 0.264. The molecule has 0 bridgehead atoms. The van der Waals surface area contributed by atoms with Gasteiger partial charge in [0, 0.05) is 6.61 Å². The minimum atomic E-state index is 0.264. The fourth-order valence-corrected chi connectivity index (χ4v) is 1.83. The average molecular weight is 247 g/mol. The maximum atomic E-state index is 8.66. The summed E-state index contributed by atoms with van der Waals surface area (Å²) in [4.78, 5) is 0. The van der Waals surface area contributed by atoms with Crippen LogP contribution >= 0.6 is 0 Å². The van der Waals surface area contributed by atoms with E-state index >= 15 is 0 Å². The molecule has 0 amide bonds. The van der Waals surface area contributed by atoms with E-state index in [0.717, 1.165) is 25.2 Å². The molecule has 1 heterocycles. The molecule has 1 aliphatic heterocycles. The lowest BCUT2D eigenvalue weighted by Crippen LogP contribution is -2.17. The smallest absolute Gasteiger partial charge is 0.119 e. The summed E-state index contributed by atoms with van der Waals surface area (Å²) in [5.74, 6) is 0.759. The molecule has 1 aromatic carbocycles. The molecule has 1 atom stereocenters. The van der Waals surface area contributed by atoms with Crippen molar-refractivity contribution in [2.24, 2.45) is 0 Å². The topological polar surface area (TPSA) is 51.5 Å². The first kappa shape index (κ1) is 12.9. The van der Waals surface area contributed by atoms with Crippen LogP contribution in [0.1, 0.15) is 18.4 Å². The zero-order chi connectivity index (χ0) is 12.6. The second-order valence-corrected chi connectivity index (χ2v) is 4.19. The van der Waals surface area contributed by atoms with Gasteiger partial charge in [-0.3, -0.25) is 0 Å². The number of nitriles is 1. The lowest BCUT2D eigenvalue weighted by atomic mass is 10.2. The molecule has 1 aromatic rings. The van der Waals surface area contributed by atoms with Crippen LogP contribution in [0.5, 0.6) is 5.75 Å². The van der Waals surface area contributed by atoms with Crippen molar-refractivity contribution in [2.75, 3.05) is 26.4 Å². The van der Waals surface area contributed by atoms with Crippen molar-refractivity contribution in [1.29, 1.82) is 5.26 Å². The molecule has 0 saturated carbocycles. The molecule has 1 saturated heterocycles. The van der Waals surface area contributed by atoms with Crippen LogP contribution in [0.2, 0.25) is 0 Å². The van der Waals surface area contributed by atoms with Crippen LogP contribution < -0.4 is 4.74 Å². The Morgan fingerprint density at radius 1 is 1.28 bits per heavy atom. The summed E-state index contributed by atoms with van der Waals surface area (Å²) < 4.78 is 16.4. The van der Waals surface area contributed by atoms with Gasteiger partial charge in [0.05, 0.1) is 31.0 Å². The molecule has 0 aromatic heterocycles. The molecule has 4 heteroatoms. The molecule has 2 rings (SSSR count). The van der Waals surface area contributed by atoms with Crippen LogP contribution in [-0.4, -0.2) is 32.5 Å². The quantitative estimate of drug-likeness (QED) is 0.723. The third-order valence-electron chi connectivity index (χ3n) is 2.81.